The predicted molar refractivity (Wildman–Crippen MR) is 89.9 cm³/mol. The summed E-state index contributed by atoms with van der Waals surface area (Å²) in [4.78, 5) is 12.2. The summed E-state index contributed by atoms with van der Waals surface area (Å²) >= 11 is 5.85. The molecule has 0 saturated heterocycles. The third-order valence-electron chi connectivity index (χ3n) is 3.36. The van der Waals surface area contributed by atoms with Crippen molar-refractivity contribution in [2.45, 2.75) is 11.4 Å². The number of rotatable bonds is 5. The highest BCUT2D eigenvalue weighted by Crippen LogP contribution is 2.21. The molecule has 0 bridgehead atoms. The normalized spacial score (nSPS) is 11.5. The third kappa shape index (κ3) is 3.75. The first-order valence-corrected chi connectivity index (χ1v) is 8.79. The second kappa shape index (κ2) is 7.29. The lowest BCUT2D eigenvalue weighted by atomic mass is 10.2. The predicted octanol–water partition coefficient (Wildman–Crippen LogP) is 2.66. The van der Waals surface area contributed by atoms with Crippen molar-refractivity contribution in [1.82, 2.24) is 9.62 Å². The summed E-state index contributed by atoms with van der Waals surface area (Å²) in [5.41, 5.74) is 0.124. The average molecular weight is 371 g/mol. The Morgan fingerprint density at radius 1 is 1.17 bits per heavy atom. The molecule has 0 aliphatic heterocycles. The summed E-state index contributed by atoms with van der Waals surface area (Å²) < 4.78 is 39.5. The molecule has 0 aromatic heterocycles. The molecular weight excluding hydrogens is 355 g/mol. The largest absolute Gasteiger partial charge is 0.348 e. The zero-order valence-electron chi connectivity index (χ0n) is 13.1. The first kappa shape index (κ1) is 18.4. The summed E-state index contributed by atoms with van der Waals surface area (Å²) in [6, 6.07) is 10.2. The lowest BCUT2D eigenvalue weighted by molar-refractivity contribution is 0.0946. The molecule has 0 spiro atoms. The zero-order chi connectivity index (χ0) is 17.9. The van der Waals surface area contributed by atoms with E-state index in [9.17, 15) is 17.6 Å². The fraction of sp³-hybridized carbons (Fsp3) is 0.188. The second-order valence-corrected chi connectivity index (χ2v) is 7.70. The molecule has 2 rings (SSSR count). The van der Waals surface area contributed by atoms with Gasteiger partial charge in [0.1, 0.15) is 5.82 Å². The Labute approximate surface area is 145 Å². The molecule has 5 nitrogen and oxygen atoms in total. The minimum Gasteiger partial charge on any atom is -0.348 e. The Bertz CT molecular complexity index is 849. The first-order chi connectivity index (χ1) is 11.2. The molecule has 2 aromatic carbocycles. The van der Waals surface area contributed by atoms with Crippen molar-refractivity contribution < 1.29 is 17.6 Å². The van der Waals surface area contributed by atoms with Crippen LogP contribution in [-0.4, -0.2) is 32.7 Å². The van der Waals surface area contributed by atoms with Gasteiger partial charge in [0.05, 0.1) is 15.5 Å². The number of halogens is 2. The minimum absolute atomic E-state index is 0.0123. The van der Waals surface area contributed by atoms with Crippen molar-refractivity contribution in [3.63, 3.8) is 0 Å². The van der Waals surface area contributed by atoms with Crippen molar-refractivity contribution in [2.24, 2.45) is 0 Å². The van der Waals surface area contributed by atoms with Crippen molar-refractivity contribution in [1.29, 1.82) is 0 Å². The minimum atomic E-state index is -3.65. The van der Waals surface area contributed by atoms with E-state index in [2.05, 4.69) is 5.32 Å². The van der Waals surface area contributed by atoms with Gasteiger partial charge in [0.25, 0.3) is 5.91 Å². The lowest BCUT2D eigenvalue weighted by Gasteiger charge is -2.15. The number of nitrogens with one attached hydrogen (secondary N) is 1. The highest BCUT2D eigenvalue weighted by Gasteiger charge is 2.21. The van der Waals surface area contributed by atoms with E-state index in [-0.39, 0.29) is 22.0 Å². The van der Waals surface area contributed by atoms with Gasteiger partial charge in [0, 0.05) is 20.6 Å². The lowest BCUT2D eigenvalue weighted by Crippen LogP contribution is -2.27. The highest BCUT2D eigenvalue weighted by molar-refractivity contribution is 7.89. The Morgan fingerprint density at radius 2 is 1.83 bits per heavy atom. The SMILES string of the molecule is CN(C)S(=O)(=O)c1ccccc1CNC(=O)c1c(F)cccc1Cl. The van der Waals surface area contributed by atoms with Crippen LogP contribution in [0.4, 0.5) is 4.39 Å². The van der Waals surface area contributed by atoms with Crippen LogP contribution in [-0.2, 0) is 16.6 Å². The van der Waals surface area contributed by atoms with E-state index in [0.717, 1.165) is 10.4 Å². The molecule has 24 heavy (non-hydrogen) atoms. The van der Waals surface area contributed by atoms with Gasteiger partial charge in [-0.3, -0.25) is 4.79 Å². The van der Waals surface area contributed by atoms with Gasteiger partial charge in [-0.25, -0.2) is 17.1 Å². The fourth-order valence-corrected chi connectivity index (χ4v) is 3.44. The number of nitrogens with zero attached hydrogens (tertiary/aromatic N) is 1. The topological polar surface area (TPSA) is 66.5 Å². The van der Waals surface area contributed by atoms with Crippen LogP contribution in [0.15, 0.2) is 47.4 Å². The second-order valence-electron chi connectivity index (χ2n) is 5.17. The van der Waals surface area contributed by atoms with E-state index in [1.165, 1.54) is 32.3 Å². The molecule has 0 saturated carbocycles. The van der Waals surface area contributed by atoms with Crippen molar-refractivity contribution in [2.75, 3.05) is 14.1 Å². The summed E-state index contributed by atoms with van der Waals surface area (Å²) in [5.74, 6) is -1.45. The van der Waals surface area contributed by atoms with E-state index >= 15 is 0 Å². The average Bonchev–Trinajstić information content (AvgIpc) is 2.52. The maximum Gasteiger partial charge on any atom is 0.256 e. The smallest absolute Gasteiger partial charge is 0.256 e. The number of amides is 1. The van der Waals surface area contributed by atoms with Crippen LogP contribution >= 0.6 is 11.6 Å². The third-order valence-corrected chi connectivity index (χ3v) is 5.59. The number of hydrogen-bond acceptors (Lipinski definition) is 3. The highest BCUT2D eigenvalue weighted by atomic mass is 35.5. The summed E-state index contributed by atoms with van der Waals surface area (Å²) in [5, 5.41) is 2.49. The standard InChI is InChI=1S/C16H16ClFN2O3S/c1-20(2)24(22,23)14-9-4-3-6-11(14)10-19-16(21)15-12(17)7-5-8-13(15)18/h3-9H,10H2,1-2H3,(H,19,21). The quantitative estimate of drug-likeness (QED) is 0.879. The number of sulfonamides is 1. The molecule has 8 heteroatoms. The van der Waals surface area contributed by atoms with E-state index in [4.69, 9.17) is 11.6 Å². The Hall–Kier alpha value is -1.96. The van der Waals surface area contributed by atoms with Crippen molar-refractivity contribution >= 4 is 27.5 Å². The molecule has 0 unspecified atom stereocenters. The van der Waals surface area contributed by atoms with E-state index in [0.29, 0.717) is 5.56 Å². The van der Waals surface area contributed by atoms with Crippen LogP contribution in [0.1, 0.15) is 15.9 Å². The molecule has 0 atom stereocenters. The molecule has 128 valence electrons. The van der Waals surface area contributed by atoms with E-state index in [1.54, 1.807) is 18.2 Å². The van der Waals surface area contributed by atoms with Gasteiger partial charge in [0.2, 0.25) is 10.0 Å². The van der Waals surface area contributed by atoms with Gasteiger partial charge in [-0.15, -0.1) is 0 Å². The van der Waals surface area contributed by atoms with Gasteiger partial charge in [-0.2, -0.15) is 0 Å². The van der Waals surface area contributed by atoms with Gasteiger partial charge >= 0.3 is 0 Å². The Kier molecular flexibility index (Phi) is 5.58. The van der Waals surface area contributed by atoms with Gasteiger partial charge in [0.15, 0.2) is 0 Å². The maximum absolute atomic E-state index is 13.8. The molecule has 1 amide bonds. The van der Waals surface area contributed by atoms with Crippen LogP contribution in [0.2, 0.25) is 5.02 Å². The molecule has 1 N–H and O–H groups in total. The fourth-order valence-electron chi connectivity index (χ4n) is 2.08. The molecule has 0 aliphatic rings. The first-order valence-electron chi connectivity index (χ1n) is 6.98. The molecule has 2 aromatic rings. The van der Waals surface area contributed by atoms with Gasteiger partial charge < -0.3 is 5.32 Å². The van der Waals surface area contributed by atoms with Crippen LogP contribution < -0.4 is 5.32 Å². The summed E-state index contributed by atoms with van der Waals surface area (Å²) in [7, 11) is -0.814. The number of carbonyl (C=O) groups excluding carboxylic acids is 1. The van der Waals surface area contributed by atoms with Crippen molar-refractivity contribution in [3.05, 3.63) is 64.4 Å². The zero-order valence-corrected chi connectivity index (χ0v) is 14.7. The van der Waals surface area contributed by atoms with E-state index < -0.39 is 21.7 Å². The maximum atomic E-state index is 13.8. The Balaban J connectivity index is 2.27. The Morgan fingerprint density at radius 3 is 2.46 bits per heavy atom. The monoisotopic (exact) mass is 370 g/mol. The molecule has 0 aliphatic carbocycles. The van der Waals surface area contributed by atoms with Gasteiger partial charge in [-0.05, 0) is 23.8 Å². The molecule has 0 fully saturated rings. The molecular formula is C16H16ClFN2O3S. The number of hydrogen-bond donors (Lipinski definition) is 1. The number of benzene rings is 2. The van der Waals surface area contributed by atoms with Crippen LogP contribution in [0, 0.1) is 5.82 Å². The van der Waals surface area contributed by atoms with Crippen LogP contribution in [0.3, 0.4) is 0 Å². The summed E-state index contributed by atoms with van der Waals surface area (Å²) in [6.07, 6.45) is 0. The van der Waals surface area contributed by atoms with E-state index in [1.807, 2.05) is 0 Å². The molecule has 0 heterocycles. The summed E-state index contributed by atoms with van der Waals surface area (Å²) in [6.45, 7) is -0.0766. The molecule has 0 radical (unpaired) electrons. The van der Waals surface area contributed by atoms with Gasteiger partial charge in [-0.1, -0.05) is 35.9 Å². The number of carbonyl (C=O) groups is 1. The van der Waals surface area contributed by atoms with Crippen LogP contribution in [0.5, 0.6) is 0 Å². The van der Waals surface area contributed by atoms with Crippen LogP contribution in [0.25, 0.3) is 0 Å². The van der Waals surface area contributed by atoms with Crippen molar-refractivity contribution in [3.8, 4) is 0 Å².